The minimum Gasteiger partial charge on any atom is -0.378 e. The van der Waals surface area contributed by atoms with Crippen molar-refractivity contribution >= 4 is 17.4 Å². The molecule has 0 aliphatic rings. The fourth-order valence-corrected chi connectivity index (χ4v) is 1.39. The Morgan fingerprint density at radius 3 is 2.50 bits per heavy atom. The minimum atomic E-state index is -4.66. The van der Waals surface area contributed by atoms with Crippen LogP contribution in [0.3, 0.4) is 0 Å². The van der Waals surface area contributed by atoms with Gasteiger partial charge in [-0.15, -0.1) is 0 Å². The third-order valence-electron chi connectivity index (χ3n) is 2.26. The molecule has 20 heavy (non-hydrogen) atoms. The molecule has 2 amide bonds. The van der Waals surface area contributed by atoms with Gasteiger partial charge in [0, 0.05) is 19.2 Å². The van der Waals surface area contributed by atoms with Crippen LogP contribution in [0.2, 0.25) is 0 Å². The fourth-order valence-electron chi connectivity index (χ4n) is 1.39. The van der Waals surface area contributed by atoms with E-state index in [-0.39, 0.29) is 18.8 Å². The molecule has 0 aliphatic heterocycles. The number of hydrogen-bond acceptors (Lipinski definition) is 4. The number of urea groups is 1. The number of nitro benzene ring substituents is 1. The maximum atomic E-state index is 12.5. The van der Waals surface area contributed by atoms with Crippen LogP contribution in [-0.4, -0.2) is 24.0 Å². The first-order valence-corrected chi connectivity index (χ1v) is 5.34. The molecule has 0 saturated carbocycles. The van der Waals surface area contributed by atoms with Gasteiger partial charge in [-0.25, -0.2) is 4.79 Å². The van der Waals surface area contributed by atoms with E-state index in [1.165, 1.54) is 0 Å². The summed E-state index contributed by atoms with van der Waals surface area (Å²) in [4.78, 5) is 20.2. The molecule has 110 valence electrons. The molecule has 4 N–H and O–H groups in total. The predicted molar refractivity (Wildman–Crippen MR) is 64.2 cm³/mol. The van der Waals surface area contributed by atoms with E-state index in [1.807, 2.05) is 0 Å². The normalized spacial score (nSPS) is 10.9. The molecule has 1 aromatic carbocycles. The molecule has 1 aromatic rings. The lowest BCUT2D eigenvalue weighted by Gasteiger charge is -2.10. The summed E-state index contributed by atoms with van der Waals surface area (Å²) < 4.78 is 37.4. The van der Waals surface area contributed by atoms with Crippen molar-refractivity contribution in [1.82, 2.24) is 5.32 Å². The standard InChI is InChI=1S/C10H11F3N4O3/c11-10(12,13)6-1-2-7(8(5-6)17(19)20)15-3-4-16-9(14)18/h1-2,5,15H,3-4H2,(H3,14,16,18). The number of benzene rings is 1. The Morgan fingerprint density at radius 2 is 2.00 bits per heavy atom. The summed E-state index contributed by atoms with van der Waals surface area (Å²) in [6.45, 7) is 0.155. The number of amides is 2. The Labute approximate surface area is 111 Å². The van der Waals surface area contributed by atoms with Crippen LogP contribution in [0.25, 0.3) is 0 Å². The molecule has 0 aromatic heterocycles. The highest BCUT2D eigenvalue weighted by Gasteiger charge is 2.32. The van der Waals surface area contributed by atoms with Gasteiger partial charge in [0.2, 0.25) is 0 Å². The second-order valence-corrected chi connectivity index (χ2v) is 3.70. The van der Waals surface area contributed by atoms with Gasteiger partial charge in [-0.1, -0.05) is 0 Å². The minimum absolute atomic E-state index is 0.0747. The molecular formula is C10H11F3N4O3. The number of nitrogens with one attached hydrogen (secondary N) is 2. The number of nitrogens with zero attached hydrogens (tertiary/aromatic N) is 1. The molecule has 0 aliphatic carbocycles. The Kier molecular flexibility index (Phi) is 4.73. The largest absolute Gasteiger partial charge is 0.416 e. The van der Waals surface area contributed by atoms with E-state index in [0.717, 1.165) is 12.1 Å². The fraction of sp³-hybridized carbons (Fsp3) is 0.300. The van der Waals surface area contributed by atoms with Crippen LogP contribution in [0, 0.1) is 10.1 Å². The van der Waals surface area contributed by atoms with Gasteiger partial charge in [0.15, 0.2) is 0 Å². The van der Waals surface area contributed by atoms with Crippen molar-refractivity contribution < 1.29 is 22.9 Å². The Balaban J connectivity index is 2.86. The van der Waals surface area contributed by atoms with Crippen molar-refractivity contribution in [3.8, 4) is 0 Å². The number of hydrogen-bond donors (Lipinski definition) is 3. The summed E-state index contributed by atoms with van der Waals surface area (Å²) in [5.41, 5.74) is 2.93. The molecule has 0 unspecified atom stereocenters. The van der Waals surface area contributed by atoms with Gasteiger partial charge in [-0.3, -0.25) is 10.1 Å². The number of nitro groups is 1. The van der Waals surface area contributed by atoms with Crippen molar-refractivity contribution in [2.45, 2.75) is 6.18 Å². The zero-order valence-electron chi connectivity index (χ0n) is 10.0. The number of carbonyl (C=O) groups excluding carboxylic acids is 1. The predicted octanol–water partition coefficient (Wildman–Crippen LogP) is 1.69. The first-order chi connectivity index (χ1) is 9.21. The third-order valence-corrected chi connectivity index (χ3v) is 2.26. The zero-order chi connectivity index (χ0) is 15.3. The Bertz CT molecular complexity index is 519. The van der Waals surface area contributed by atoms with Gasteiger partial charge >= 0.3 is 12.2 Å². The third kappa shape index (κ3) is 4.30. The molecule has 10 heteroatoms. The number of primary amides is 1. The summed E-state index contributed by atoms with van der Waals surface area (Å²) in [6, 6.07) is 1.38. The summed E-state index contributed by atoms with van der Waals surface area (Å²) in [6.07, 6.45) is -4.66. The second kappa shape index (κ2) is 6.08. The van der Waals surface area contributed by atoms with Crippen molar-refractivity contribution in [2.75, 3.05) is 18.4 Å². The van der Waals surface area contributed by atoms with Crippen LogP contribution in [0.15, 0.2) is 18.2 Å². The number of nitrogens with two attached hydrogens (primary N) is 1. The molecule has 0 radical (unpaired) electrons. The van der Waals surface area contributed by atoms with Gasteiger partial charge in [0.1, 0.15) is 5.69 Å². The highest BCUT2D eigenvalue weighted by atomic mass is 19.4. The second-order valence-electron chi connectivity index (χ2n) is 3.70. The van der Waals surface area contributed by atoms with Crippen molar-refractivity contribution in [2.24, 2.45) is 5.73 Å². The summed E-state index contributed by atoms with van der Waals surface area (Å²) in [5.74, 6) is 0. The van der Waals surface area contributed by atoms with Gasteiger partial charge in [-0.05, 0) is 12.1 Å². The molecule has 0 fully saturated rings. The van der Waals surface area contributed by atoms with Gasteiger partial charge in [0.05, 0.1) is 10.5 Å². The van der Waals surface area contributed by atoms with Crippen LogP contribution >= 0.6 is 0 Å². The number of halogens is 3. The Morgan fingerprint density at radius 1 is 1.35 bits per heavy atom. The lowest BCUT2D eigenvalue weighted by molar-refractivity contribution is -0.384. The quantitative estimate of drug-likeness (QED) is 0.435. The van der Waals surface area contributed by atoms with E-state index in [9.17, 15) is 28.1 Å². The van der Waals surface area contributed by atoms with Crippen molar-refractivity contribution in [3.05, 3.63) is 33.9 Å². The van der Waals surface area contributed by atoms with E-state index >= 15 is 0 Å². The van der Waals surface area contributed by atoms with E-state index in [1.54, 1.807) is 0 Å². The Hall–Kier alpha value is -2.52. The topological polar surface area (TPSA) is 110 Å². The van der Waals surface area contributed by atoms with Crippen LogP contribution in [0.1, 0.15) is 5.56 Å². The van der Waals surface area contributed by atoms with E-state index < -0.39 is 28.4 Å². The van der Waals surface area contributed by atoms with E-state index in [2.05, 4.69) is 10.6 Å². The van der Waals surface area contributed by atoms with Crippen LogP contribution < -0.4 is 16.4 Å². The zero-order valence-corrected chi connectivity index (χ0v) is 10.0. The molecule has 0 atom stereocenters. The average Bonchev–Trinajstić information content (AvgIpc) is 2.33. The number of rotatable bonds is 5. The first-order valence-electron chi connectivity index (χ1n) is 5.34. The molecular weight excluding hydrogens is 281 g/mol. The molecule has 0 spiro atoms. The van der Waals surface area contributed by atoms with Crippen LogP contribution in [0.5, 0.6) is 0 Å². The maximum Gasteiger partial charge on any atom is 0.416 e. The van der Waals surface area contributed by atoms with Gasteiger partial charge in [-0.2, -0.15) is 13.2 Å². The van der Waals surface area contributed by atoms with Crippen molar-refractivity contribution in [3.63, 3.8) is 0 Å². The summed E-state index contributed by atoms with van der Waals surface area (Å²) in [5, 5.41) is 15.5. The van der Waals surface area contributed by atoms with Gasteiger partial charge < -0.3 is 16.4 Å². The smallest absolute Gasteiger partial charge is 0.378 e. The van der Waals surface area contributed by atoms with Crippen LogP contribution in [0.4, 0.5) is 29.3 Å². The van der Waals surface area contributed by atoms with Gasteiger partial charge in [0.25, 0.3) is 5.69 Å². The molecule has 0 bridgehead atoms. The highest BCUT2D eigenvalue weighted by Crippen LogP contribution is 2.34. The molecule has 0 heterocycles. The lowest BCUT2D eigenvalue weighted by Crippen LogP contribution is -2.33. The molecule has 0 saturated heterocycles. The number of carbonyl (C=O) groups is 1. The monoisotopic (exact) mass is 292 g/mol. The number of anilines is 1. The maximum absolute atomic E-state index is 12.5. The van der Waals surface area contributed by atoms with Crippen LogP contribution in [-0.2, 0) is 6.18 Å². The summed E-state index contributed by atoms with van der Waals surface area (Å²) in [7, 11) is 0. The van der Waals surface area contributed by atoms with E-state index in [4.69, 9.17) is 5.73 Å². The highest BCUT2D eigenvalue weighted by molar-refractivity contribution is 5.71. The number of alkyl halides is 3. The first kappa shape index (κ1) is 15.5. The molecule has 1 rings (SSSR count). The van der Waals surface area contributed by atoms with E-state index in [0.29, 0.717) is 6.07 Å². The molecule has 7 nitrogen and oxygen atoms in total. The van der Waals surface area contributed by atoms with Crippen molar-refractivity contribution in [1.29, 1.82) is 0 Å². The lowest BCUT2D eigenvalue weighted by atomic mass is 10.1. The SMILES string of the molecule is NC(=O)NCCNc1ccc(C(F)(F)F)cc1[N+](=O)[O-]. The summed E-state index contributed by atoms with van der Waals surface area (Å²) >= 11 is 0. The average molecular weight is 292 g/mol.